The fraction of sp³-hybridized carbons (Fsp3) is 0.800. The second-order valence-electron chi connectivity index (χ2n) is 3.72. The summed E-state index contributed by atoms with van der Waals surface area (Å²) in [4.78, 5) is 22.8. The van der Waals surface area contributed by atoms with Gasteiger partial charge in [0.05, 0.1) is 19.1 Å². The molecule has 1 amide bonds. The second kappa shape index (κ2) is 5.11. The van der Waals surface area contributed by atoms with Crippen molar-refractivity contribution in [3.63, 3.8) is 0 Å². The van der Waals surface area contributed by atoms with Gasteiger partial charge < -0.3 is 14.8 Å². The summed E-state index contributed by atoms with van der Waals surface area (Å²) in [6.07, 6.45) is 0.635. The molecule has 0 saturated carbocycles. The van der Waals surface area contributed by atoms with E-state index < -0.39 is 12.0 Å². The van der Waals surface area contributed by atoms with Crippen molar-refractivity contribution in [2.24, 2.45) is 5.92 Å². The number of rotatable bonds is 3. The Labute approximate surface area is 89.1 Å². The highest BCUT2D eigenvalue weighted by Crippen LogP contribution is 2.20. The molecule has 5 heteroatoms. The molecule has 3 unspecified atom stereocenters. The van der Waals surface area contributed by atoms with Crippen molar-refractivity contribution in [2.45, 2.75) is 32.4 Å². The molecule has 15 heavy (non-hydrogen) atoms. The van der Waals surface area contributed by atoms with Crippen LogP contribution in [0.3, 0.4) is 0 Å². The highest BCUT2D eigenvalue weighted by Gasteiger charge is 2.32. The lowest BCUT2D eigenvalue weighted by Gasteiger charge is -2.17. The van der Waals surface area contributed by atoms with Crippen LogP contribution in [0.5, 0.6) is 0 Å². The maximum Gasteiger partial charge on any atom is 0.328 e. The molecule has 0 spiro atoms. The first kappa shape index (κ1) is 12.0. The Morgan fingerprint density at radius 1 is 1.53 bits per heavy atom. The van der Waals surface area contributed by atoms with Crippen molar-refractivity contribution in [3.8, 4) is 0 Å². The average molecular weight is 215 g/mol. The molecule has 0 aromatic rings. The summed E-state index contributed by atoms with van der Waals surface area (Å²) < 4.78 is 9.80. The second-order valence-corrected chi connectivity index (χ2v) is 3.72. The van der Waals surface area contributed by atoms with Crippen LogP contribution in [0.15, 0.2) is 0 Å². The third-order valence-corrected chi connectivity index (χ3v) is 2.63. The largest absolute Gasteiger partial charge is 0.467 e. The Kier molecular flexibility index (Phi) is 4.08. The van der Waals surface area contributed by atoms with Gasteiger partial charge in [0.1, 0.15) is 6.04 Å². The minimum atomic E-state index is -0.602. The van der Waals surface area contributed by atoms with E-state index in [4.69, 9.17) is 4.74 Å². The maximum absolute atomic E-state index is 11.7. The van der Waals surface area contributed by atoms with Gasteiger partial charge in [0.15, 0.2) is 0 Å². The Hall–Kier alpha value is -1.10. The topological polar surface area (TPSA) is 64.6 Å². The first-order valence-electron chi connectivity index (χ1n) is 5.06. The minimum absolute atomic E-state index is 0.0742. The van der Waals surface area contributed by atoms with Crippen molar-refractivity contribution < 1.29 is 19.1 Å². The van der Waals surface area contributed by atoms with Crippen LogP contribution in [0.4, 0.5) is 0 Å². The maximum atomic E-state index is 11.7. The third kappa shape index (κ3) is 2.92. The lowest BCUT2D eigenvalue weighted by atomic mass is 10.0. The summed E-state index contributed by atoms with van der Waals surface area (Å²) >= 11 is 0. The Bertz CT molecular complexity index is 254. The summed E-state index contributed by atoms with van der Waals surface area (Å²) in [6, 6.07) is -0.602. The number of carbonyl (C=O) groups excluding carboxylic acids is 2. The van der Waals surface area contributed by atoms with E-state index in [1.165, 1.54) is 7.11 Å². The van der Waals surface area contributed by atoms with E-state index in [0.717, 1.165) is 0 Å². The molecule has 0 radical (unpaired) electrons. The van der Waals surface area contributed by atoms with Crippen molar-refractivity contribution in [2.75, 3.05) is 13.7 Å². The Morgan fingerprint density at radius 2 is 2.20 bits per heavy atom. The number of esters is 1. The molecule has 0 bridgehead atoms. The number of ether oxygens (including phenoxy) is 2. The van der Waals surface area contributed by atoms with Crippen LogP contribution in [-0.2, 0) is 19.1 Å². The predicted octanol–water partition coefficient (Wildman–Crippen LogP) is 0.0891. The lowest BCUT2D eigenvalue weighted by Crippen LogP contribution is -2.43. The van der Waals surface area contributed by atoms with E-state index in [9.17, 15) is 9.59 Å². The number of amides is 1. The van der Waals surface area contributed by atoms with Gasteiger partial charge in [-0.1, -0.05) is 0 Å². The summed E-state index contributed by atoms with van der Waals surface area (Å²) in [5, 5.41) is 2.61. The molecule has 1 N–H and O–H groups in total. The van der Waals surface area contributed by atoms with Crippen LogP contribution in [0.25, 0.3) is 0 Å². The summed E-state index contributed by atoms with van der Waals surface area (Å²) in [5.74, 6) is -0.732. The highest BCUT2D eigenvalue weighted by atomic mass is 16.5. The van der Waals surface area contributed by atoms with E-state index in [1.54, 1.807) is 6.92 Å². The van der Waals surface area contributed by atoms with Gasteiger partial charge in [-0.3, -0.25) is 4.79 Å². The van der Waals surface area contributed by atoms with Crippen LogP contribution in [0, 0.1) is 5.92 Å². The van der Waals surface area contributed by atoms with E-state index in [1.807, 2.05) is 6.92 Å². The van der Waals surface area contributed by atoms with Gasteiger partial charge in [0.25, 0.3) is 0 Å². The first-order chi connectivity index (χ1) is 7.06. The summed E-state index contributed by atoms with van der Waals surface area (Å²) in [7, 11) is 1.30. The van der Waals surface area contributed by atoms with Gasteiger partial charge in [-0.15, -0.1) is 0 Å². The molecular formula is C10H17NO4. The third-order valence-electron chi connectivity index (χ3n) is 2.63. The number of hydrogen-bond acceptors (Lipinski definition) is 4. The average Bonchev–Trinajstić information content (AvgIpc) is 2.63. The molecule has 1 aliphatic rings. The first-order valence-corrected chi connectivity index (χ1v) is 5.06. The minimum Gasteiger partial charge on any atom is -0.467 e. The van der Waals surface area contributed by atoms with Crippen LogP contribution in [0.1, 0.15) is 20.3 Å². The molecule has 1 heterocycles. The van der Waals surface area contributed by atoms with E-state index in [2.05, 4.69) is 10.1 Å². The van der Waals surface area contributed by atoms with Gasteiger partial charge in [0, 0.05) is 6.61 Å². The van der Waals surface area contributed by atoms with E-state index >= 15 is 0 Å². The Morgan fingerprint density at radius 3 is 2.67 bits per heavy atom. The van der Waals surface area contributed by atoms with Crippen LogP contribution in [0.2, 0.25) is 0 Å². The molecule has 5 nitrogen and oxygen atoms in total. The lowest BCUT2D eigenvalue weighted by molar-refractivity contribution is -0.145. The zero-order valence-corrected chi connectivity index (χ0v) is 9.28. The van der Waals surface area contributed by atoms with Gasteiger partial charge in [-0.05, 0) is 20.3 Å². The molecule has 1 saturated heterocycles. The highest BCUT2D eigenvalue weighted by molar-refractivity contribution is 5.85. The summed E-state index contributed by atoms with van der Waals surface area (Å²) in [5.41, 5.74) is 0. The van der Waals surface area contributed by atoms with Crippen molar-refractivity contribution >= 4 is 11.9 Å². The van der Waals surface area contributed by atoms with Crippen LogP contribution in [-0.4, -0.2) is 37.7 Å². The number of nitrogens with one attached hydrogen (secondary N) is 1. The molecule has 1 rings (SSSR count). The number of methoxy groups -OCH3 is 1. The fourth-order valence-electron chi connectivity index (χ4n) is 1.63. The molecule has 3 atom stereocenters. The number of carbonyl (C=O) groups is 2. The molecule has 0 aromatic heterocycles. The van der Waals surface area contributed by atoms with Crippen LogP contribution < -0.4 is 5.32 Å². The van der Waals surface area contributed by atoms with Crippen molar-refractivity contribution in [1.82, 2.24) is 5.32 Å². The smallest absolute Gasteiger partial charge is 0.328 e. The van der Waals surface area contributed by atoms with Crippen molar-refractivity contribution in [1.29, 1.82) is 0 Å². The van der Waals surface area contributed by atoms with E-state index in [-0.39, 0.29) is 17.9 Å². The van der Waals surface area contributed by atoms with E-state index in [0.29, 0.717) is 13.0 Å². The zero-order chi connectivity index (χ0) is 11.4. The van der Waals surface area contributed by atoms with Gasteiger partial charge in [0.2, 0.25) is 5.91 Å². The quantitative estimate of drug-likeness (QED) is 0.678. The molecule has 0 aromatic carbocycles. The van der Waals surface area contributed by atoms with Gasteiger partial charge in [-0.2, -0.15) is 0 Å². The van der Waals surface area contributed by atoms with Crippen LogP contribution >= 0.6 is 0 Å². The molecule has 86 valence electrons. The predicted molar refractivity (Wildman–Crippen MR) is 53.1 cm³/mol. The normalized spacial score (nSPS) is 27.1. The van der Waals surface area contributed by atoms with Crippen molar-refractivity contribution in [3.05, 3.63) is 0 Å². The molecular weight excluding hydrogens is 198 g/mol. The van der Waals surface area contributed by atoms with Gasteiger partial charge in [-0.25, -0.2) is 4.79 Å². The monoisotopic (exact) mass is 215 g/mol. The standard InChI is InChI=1S/C10H17NO4/c1-6(10(13)14-3)11-9(12)8-4-5-15-7(8)2/h6-8H,4-5H2,1-3H3,(H,11,12). The fourth-order valence-corrected chi connectivity index (χ4v) is 1.63. The molecule has 0 aliphatic carbocycles. The Balaban J connectivity index is 2.44. The number of hydrogen-bond donors (Lipinski definition) is 1. The van der Waals surface area contributed by atoms with Gasteiger partial charge >= 0.3 is 5.97 Å². The molecule has 1 aliphatic heterocycles. The molecule has 1 fully saturated rings. The SMILES string of the molecule is COC(=O)C(C)NC(=O)C1CCOC1C. The summed E-state index contributed by atoms with van der Waals surface area (Å²) in [6.45, 7) is 4.07. The zero-order valence-electron chi connectivity index (χ0n) is 9.28.